The molecule has 10 N–H and O–H groups in total. The Hall–Kier alpha value is -9.07. The summed E-state index contributed by atoms with van der Waals surface area (Å²) >= 11 is 1.48. The highest BCUT2D eigenvalue weighted by atomic mass is 32.1. The van der Waals surface area contributed by atoms with Crippen LogP contribution in [0.5, 0.6) is 0 Å². The van der Waals surface area contributed by atoms with Gasteiger partial charge in [0.05, 0.1) is 115 Å². The monoisotopic (exact) mass is 1690 g/mol. The van der Waals surface area contributed by atoms with Gasteiger partial charge in [0, 0.05) is 83.2 Å². The Kier molecular flexibility index (Phi) is 44.4. The van der Waals surface area contributed by atoms with Crippen LogP contribution in [-0.4, -0.2) is 259 Å². The highest BCUT2D eigenvalue weighted by Crippen LogP contribution is 2.33. The van der Waals surface area contributed by atoms with Crippen molar-refractivity contribution in [2.75, 3.05) is 126 Å². The molecule has 3 heterocycles. The van der Waals surface area contributed by atoms with Gasteiger partial charge in [0.2, 0.25) is 47.3 Å². The number of benzene rings is 2. The number of rotatable bonds is 58. The SMILES string of the molecule is CC[C@H](C)[C@@H]([C@@H](CC(=O)N1CCC[C@H]1[C@H](OC)[C@@H](C)C(=O)N[C@@H](Cc1ccccc1)c1nccs1)OC)N(C)C(=O)[C@@H](NC(=O)C1(NC(=O)CCOCCOCCOCCOCCOCCOCNC(=O)OCc2ccc(NC(=O)[C@H](CCCNC(N)=O)NC(=O)[C@@H](NC(=O)CCCCCN3C(=O)C=CC3=O)C(C)C)cc2)CCCC1)C(C)C. The van der Waals surface area contributed by atoms with E-state index >= 15 is 0 Å². The van der Waals surface area contributed by atoms with Gasteiger partial charge in [-0.05, 0) is 98.8 Å². The predicted molar refractivity (Wildman–Crippen MR) is 443 cm³/mol. The first-order chi connectivity index (χ1) is 57.2. The number of primary amides is 1. The topological polar surface area (TPSA) is 433 Å². The quantitative estimate of drug-likeness (QED) is 0.0180. The molecule has 0 unspecified atom stereocenters. The molecule has 0 spiro atoms. The summed E-state index contributed by atoms with van der Waals surface area (Å²) in [5.41, 5.74) is 6.04. The van der Waals surface area contributed by atoms with Crippen LogP contribution in [0.3, 0.4) is 0 Å². The number of nitrogens with one attached hydrogen (secondary N) is 8. The molecule has 1 saturated heterocycles. The van der Waals surface area contributed by atoms with Crippen molar-refractivity contribution in [1.29, 1.82) is 0 Å². The predicted octanol–water partition coefficient (Wildman–Crippen LogP) is 5.90. The zero-order valence-corrected chi connectivity index (χ0v) is 71.7. The molecule has 13 amide bonds. The van der Waals surface area contributed by atoms with Gasteiger partial charge < -0.3 is 95.4 Å². The lowest BCUT2D eigenvalue weighted by atomic mass is 9.89. The summed E-state index contributed by atoms with van der Waals surface area (Å²) in [6.07, 6.45) is 8.93. The van der Waals surface area contributed by atoms with Crippen molar-refractivity contribution in [3.63, 3.8) is 0 Å². The maximum atomic E-state index is 14.8. The average molecular weight is 1690 g/mol. The molecular weight excluding hydrogens is 1560 g/mol. The lowest BCUT2D eigenvalue weighted by molar-refractivity contribution is -0.148. The van der Waals surface area contributed by atoms with Crippen molar-refractivity contribution in [3.05, 3.63) is 94.5 Å². The van der Waals surface area contributed by atoms with E-state index in [2.05, 4.69) is 47.5 Å². The molecule has 2 fully saturated rings. The minimum Gasteiger partial charge on any atom is -0.445 e. The number of hydrogen-bond acceptors (Lipinski definition) is 23. The Labute approximate surface area is 703 Å². The fraction of sp³-hybridized carbons (Fsp3) is 0.655. The van der Waals surface area contributed by atoms with Gasteiger partial charge in [-0.3, -0.25) is 58.2 Å². The number of unbranched alkanes of at least 4 members (excludes halogenated alkanes) is 2. The third-order valence-electron chi connectivity index (χ3n) is 21.4. The van der Waals surface area contributed by atoms with Crippen molar-refractivity contribution in [2.24, 2.45) is 29.4 Å². The highest BCUT2D eigenvalue weighted by molar-refractivity contribution is 7.09. The number of ether oxygens (including phenoxy) is 9. The summed E-state index contributed by atoms with van der Waals surface area (Å²) < 4.78 is 51.0. The number of likely N-dealkylation sites (N-methyl/N-ethyl adjacent to an activating group) is 1. The standard InChI is InChI=1S/C84H129N13O21S/c1-11-58(6)74(66(110-9)53-71(102)96-39-21-25-65(96)75(111-10)59(7)76(103)91-64(79-86-37-51-119-79)52-60-22-14-12-15-23-60)95(8)80(106)73(57(4)5)93-81(107)84(34-17-18-35-84)94-68(99)33-40-112-41-42-113-43-44-114-45-46-115-47-48-116-49-50-117-55-88-83(109)118-54-61-27-29-62(30-28-61)89-77(104)63(24-20-36-87-82(85)108)90-78(105)72(56(2)3)92-67(98)26-16-13-19-38-97-69(100)31-32-70(97)101/h12,14-15,22-23,27-32,37,51,56-59,63-66,72-75H,11,13,16-21,24-26,33-36,38-50,52-55H2,1-10H3,(H,88,109)(H,89,104)(H,90,105)(H,91,103)(H,92,98)(H,93,107)(H,94,99)(H3,85,87,108)/t58-,59+,63-,64-,65-,66+,72-,73-,74-,75+/m0/s1. The number of thiazole rings is 1. The number of amides is 13. The maximum Gasteiger partial charge on any atom is 0.409 e. The molecule has 662 valence electrons. The van der Waals surface area contributed by atoms with E-state index in [1.165, 1.54) is 23.5 Å². The first-order valence-corrected chi connectivity index (χ1v) is 42.5. The first kappa shape index (κ1) is 98.8. The van der Waals surface area contributed by atoms with Crippen LogP contribution < -0.4 is 48.3 Å². The molecule has 1 aliphatic carbocycles. The van der Waals surface area contributed by atoms with Crippen LogP contribution in [0.1, 0.15) is 167 Å². The Morgan fingerprint density at radius 2 is 1.28 bits per heavy atom. The second-order valence-electron chi connectivity index (χ2n) is 30.8. The number of imide groups is 1. The number of nitrogens with zero attached hydrogens (tertiary/aromatic N) is 4. The van der Waals surface area contributed by atoms with Gasteiger partial charge >= 0.3 is 12.1 Å². The third-order valence-corrected chi connectivity index (χ3v) is 22.3. The van der Waals surface area contributed by atoms with Gasteiger partial charge in [0.1, 0.15) is 42.0 Å². The van der Waals surface area contributed by atoms with Gasteiger partial charge in [0.15, 0.2) is 0 Å². The van der Waals surface area contributed by atoms with E-state index < -0.39 is 77.7 Å². The van der Waals surface area contributed by atoms with E-state index in [0.717, 1.165) is 21.9 Å². The van der Waals surface area contributed by atoms with E-state index in [0.29, 0.717) is 122 Å². The summed E-state index contributed by atoms with van der Waals surface area (Å²) in [6, 6.07) is 11.4. The molecule has 1 saturated carbocycles. The molecular formula is C84H129N13O21S. The number of methoxy groups -OCH3 is 2. The largest absolute Gasteiger partial charge is 0.445 e. The maximum absolute atomic E-state index is 14.8. The Morgan fingerprint density at radius 3 is 1.86 bits per heavy atom. The third kappa shape index (κ3) is 33.8. The lowest BCUT2D eigenvalue weighted by Crippen LogP contribution is -2.63. The molecule has 3 aliphatic rings. The van der Waals surface area contributed by atoms with Crippen molar-refractivity contribution in [1.82, 2.24) is 56.9 Å². The normalized spacial score (nSPS) is 16.7. The van der Waals surface area contributed by atoms with Crippen LogP contribution in [0.25, 0.3) is 0 Å². The number of alkyl carbamates (subject to hydrolysis) is 1. The van der Waals surface area contributed by atoms with Crippen LogP contribution >= 0.6 is 11.3 Å². The number of urea groups is 1. The summed E-state index contributed by atoms with van der Waals surface area (Å²) in [4.78, 5) is 168. The minimum atomic E-state index is -1.22. The fourth-order valence-corrected chi connectivity index (χ4v) is 15.3. The molecule has 34 nitrogen and oxygen atoms in total. The van der Waals surface area contributed by atoms with E-state index in [-0.39, 0.29) is 163 Å². The van der Waals surface area contributed by atoms with Crippen LogP contribution in [0.4, 0.5) is 15.3 Å². The van der Waals surface area contributed by atoms with Crippen LogP contribution in [0.15, 0.2) is 78.3 Å². The zero-order chi connectivity index (χ0) is 86.7. The molecule has 35 heteroatoms. The van der Waals surface area contributed by atoms with Crippen LogP contribution in [-0.2, 0) is 104 Å². The smallest absolute Gasteiger partial charge is 0.409 e. The fourth-order valence-electron chi connectivity index (χ4n) is 14.6. The lowest BCUT2D eigenvalue weighted by Gasteiger charge is -2.41. The van der Waals surface area contributed by atoms with Crippen molar-refractivity contribution in [3.8, 4) is 0 Å². The Bertz CT molecular complexity index is 3650. The summed E-state index contributed by atoms with van der Waals surface area (Å²) in [6.45, 7) is 16.6. The highest BCUT2D eigenvalue weighted by Gasteiger charge is 2.47. The van der Waals surface area contributed by atoms with Crippen LogP contribution in [0.2, 0.25) is 0 Å². The summed E-state index contributed by atoms with van der Waals surface area (Å²) in [5, 5.41) is 25.2. The van der Waals surface area contributed by atoms with E-state index in [1.54, 1.807) is 75.4 Å². The molecule has 10 atom stereocenters. The number of carbonyl (C=O) groups is 12. The molecule has 0 bridgehead atoms. The van der Waals surface area contributed by atoms with Crippen molar-refractivity contribution >= 4 is 88.2 Å². The summed E-state index contributed by atoms with van der Waals surface area (Å²) in [7, 11) is 4.80. The molecule has 6 rings (SSSR count). The Balaban J connectivity index is 0.791. The Morgan fingerprint density at radius 1 is 0.655 bits per heavy atom. The van der Waals surface area contributed by atoms with Crippen LogP contribution in [0, 0.1) is 23.7 Å². The molecule has 1 aromatic heterocycles. The zero-order valence-electron chi connectivity index (χ0n) is 70.9. The molecule has 119 heavy (non-hydrogen) atoms. The molecule has 2 aromatic carbocycles. The van der Waals surface area contributed by atoms with Crippen molar-refractivity contribution < 1.29 is 100 Å². The summed E-state index contributed by atoms with van der Waals surface area (Å²) in [5.74, 6) is -5.19. The van der Waals surface area contributed by atoms with Gasteiger partial charge in [-0.25, -0.2) is 14.6 Å². The molecule has 0 radical (unpaired) electrons. The molecule has 3 aromatic rings. The second-order valence-corrected chi connectivity index (χ2v) is 31.7. The van der Waals surface area contributed by atoms with Crippen molar-refractivity contribution in [2.45, 2.75) is 212 Å². The number of hydrogen-bond donors (Lipinski definition) is 9. The number of carbonyl (C=O) groups excluding carboxylic acids is 12. The number of aromatic nitrogens is 1. The van der Waals surface area contributed by atoms with E-state index in [1.807, 2.05) is 70.3 Å². The van der Waals surface area contributed by atoms with E-state index in [9.17, 15) is 57.5 Å². The van der Waals surface area contributed by atoms with Gasteiger partial charge in [-0.2, -0.15) is 0 Å². The first-order valence-electron chi connectivity index (χ1n) is 41.6. The number of likely N-dealkylation sites (tertiary alicyclic amines) is 1. The average Bonchev–Trinajstić information content (AvgIpc) is 1.58. The second kappa shape index (κ2) is 53.6. The molecule has 2 aliphatic heterocycles. The van der Waals surface area contributed by atoms with Gasteiger partial charge in [0.25, 0.3) is 11.8 Å². The minimum absolute atomic E-state index is 0.00211. The van der Waals surface area contributed by atoms with Gasteiger partial charge in [-0.1, -0.05) is 117 Å². The van der Waals surface area contributed by atoms with E-state index in [4.69, 9.17) is 48.4 Å². The van der Waals surface area contributed by atoms with Gasteiger partial charge in [-0.15, -0.1) is 11.3 Å². The number of nitrogens with two attached hydrogens (primary N) is 1. The number of anilines is 1.